The van der Waals surface area contributed by atoms with E-state index in [1.54, 1.807) is 0 Å². The fourth-order valence-electron chi connectivity index (χ4n) is 0.204. The highest BCUT2D eigenvalue weighted by Crippen LogP contribution is 1.68. The predicted octanol–water partition coefficient (Wildman–Crippen LogP) is -0.627. The zero-order valence-electron chi connectivity index (χ0n) is 9.31. The Morgan fingerprint density at radius 2 is 1.29 bits per heavy atom. The molecule has 0 aliphatic heterocycles. The zero-order valence-corrected chi connectivity index (χ0v) is 9.31. The maximum absolute atomic E-state index is 8.11. The molecule has 90 valence electrons. The highest BCUT2D eigenvalue weighted by atomic mass is 16.5. The van der Waals surface area contributed by atoms with Crippen LogP contribution in [0.25, 0.3) is 0 Å². The highest BCUT2D eigenvalue weighted by Gasteiger charge is 1.83. The van der Waals surface area contributed by atoms with Gasteiger partial charge in [0.25, 0.3) is 0 Å². The van der Waals surface area contributed by atoms with Crippen molar-refractivity contribution in [3.8, 4) is 0 Å². The first-order valence-electron chi connectivity index (χ1n) is 4.68. The Kier molecular flexibility index (Phi) is 31.9. The third kappa shape index (κ3) is 59.7. The lowest BCUT2D eigenvalue weighted by molar-refractivity contribution is 0.110. The Balaban J connectivity index is -0.000000131. The summed E-state index contributed by atoms with van der Waals surface area (Å²) in [7, 11) is 0. The van der Waals surface area contributed by atoms with Crippen molar-refractivity contribution in [3.05, 3.63) is 0 Å². The van der Waals surface area contributed by atoms with Crippen molar-refractivity contribution in [2.75, 3.05) is 33.0 Å². The van der Waals surface area contributed by atoms with E-state index < -0.39 is 6.10 Å². The van der Waals surface area contributed by atoms with Crippen LogP contribution in [0, 0.1) is 0 Å². The second kappa shape index (κ2) is 23.0. The predicted molar refractivity (Wildman–Crippen MR) is 55.1 cm³/mol. The summed E-state index contributed by atoms with van der Waals surface area (Å²) in [5.74, 6) is 0. The van der Waals surface area contributed by atoms with Gasteiger partial charge in [0.2, 0.25) is 0 Å². The van der Waals surface area contributed by atoms with Crippen molar-refractivity contribution in [3.63, 3.8) is 0 Å². The summed E-state index contributed by atoms with van der Waals surface area (Å²) in [6.07, 6.45) is -0.560. The standard InChI is InChI=1S/C4H10O.C3H8O2.C2H6O2/c1-3-5-4-2;1-3(5)2-4;3-1-2-4/h3-4H2,1-2H3;3-5H,2H2,1H3;3-4H,1-2H2. The molecule has 0 rings (SSSR count). The van der Waals surface area contributed by atoms with Gasteiger partial charge in [-0.25, -0.2) is 0 Å². The molecule has 4 N–H and O–H groups in total. The van der Waals surface area contributed by atoms with Gasteiger partial charge < -0.3 is 25.2 Å². The molecule has 0 radical (unpaired) electrons. The molecule has 0 bridgehead atoms. The maximum Gasteiger partial charge on any atom is 0.0742 e. The van der Waals surface area contributed by atoms with E-state index >= 15 is 0 Å². The molecule has 0 fully saturated rings. The molecule has 0 aromatic rings. The molecule has 0 amide bonds. The molecule has 5 heteroatoms. The van der Waals surface area contributed by atoms with Gasteiger partial charge in [-0.1, -0.05) is 0 Å². The van der Waals surface area contributed by atoms with Crippen LogP contribution in [0.1, 0.15) is 20.8 Å². The van der Waals surface area contributed by atoms with Gasteiger partial charge in [0.1, 0.15) is 0 Å². The second-order valence-electron chi connectivity index (χ2n) is 2.26. The van der Waals surface area contributed by atoms with Crippen LogP contribution in [-0.2, 0) is 4.74 Å². The number of ether oxygens (including phenoxy) is 1. The average molecular weight is 212 g/mol. The largest absolute Gasteiger partial charge is 0.394 e. The van der Waals surface area contributed by atoms with Crippen molar-refractivity contribution in [1.29, 1.82) is 0 Å². The minimum absolute atomic E-state index is 0.125. The molecule has 0 spiro atoms. The minimum Gasteiger partial charge on any atom is -0.394 e. The molecule has 0 heterocycles. The Morgan fingerprint density at radius 1 is 1.00 bits per heavy atom. The number of aliphatic hydroxyl groups is 4. The van der Waals surface area contributed by atoms with Gasteiger partial charge in [-0.15, -0.1) is 0 Å². The van der Waals surface area contributed by atoms with Gasteiger partial charge in [0.05, 0.1) is 25.9 Å². The molecule has 0 aliphatic carbocycles. The maximum atomic E-state index is 8.11. The summed E-state index contributed by atoms with van der Waals surface area (Å²) in [5, 5.41) is 31.3. The smallest absolute Gasteiger partial charge is 0.0742 e. The average Bonchev–Trinajstić information content (AvgIpc) is 2.20. The molecule has 5 nitrogen and oxygen atoms in total. The van der Waals surface area contributed by atoms with Gasteiger partial charge in [-0.3, -0.25) is 0 Å². The first-order valence-corrected chi connectivity index (χ1v) is 4.68. The van der Waals surface area contributed by atoms with Crippen LogP contribution in [0.2, 0.25) is 0 Å². The Hall–Kier alpha value is -0.200. The molecule has 0 aliphatic rings. The number of hydrogen-bond donors (Lipinski definition) is 4. The van der Waals surface area contributed by atoms with Gasteiger partial charge in [0.15, 0.2) is 0 Å². The normalized spacial score (nSPS) is 10.5. The molecule has 14 heavy (non-hydrogen) atoms. The van der Waals surface area contributed by atoms with Gasteiger partial charge in [0, 0.05) is 13.2 Å². The summed E-state index contributed by atoms with van der Waals surface area (Å²) in [5.41, 5.74) is 0. The SMILES string of the molecule is CC(O)CO.CCOCC.OCCO. The van der Waals surface area contributed by atoms with Gasteiger partial charge >= 0.3 is 0 Å². The highest BCUT2D eigenvalue weighted by molar-refractivity contribution is 4.34. The lowest BCUT2D eigenvalue weighted by Crippen LogP contribution is -2.03. The van der Waals surface area contributed by atoms with Crippen LogP contribution >= 0.6 is 0 Å². The van der Waals surface area contributed by atoms with E-state index in [1.165, 1.54) is 6.92 Å². The molecule has 1 unspecified atom stereocenters. The molecule has 0 saturated heterocycles. The lowest BCUT2D eigenvalue weighted by Gasteiger charge is -1.90. The number of rotatable bonds is 4. The zero-order chi connectivity index (χ0) is 11.8. The summed E-state index contributed by atoms with van der Waals surface area (Å²) in [4.78, 5) is 0. The third-order valence-electron chi connectivity index (χ3n) is 0.772. The van der Waals surface area contributed by atoms with Crippen LogP contribution in [-0.4, -0.2) is 59.6 Å². The van der Waals surface area contributed by atoms with Crippen LogP contribution in [0.5, 0.6) is 0 Å². The van der Waals surface area contributed by atoms with Gasteiger partial charge in [-0.2, -0.15) is 0 Å². The molecule has 1 atom stereocenters. The van der Waals surface area contributed by atoms with Crippen molar-refractivity contribution in [2.45, 2.75) is 26.9 Å². The fraction of sp³-hybridized carbons (Fsp3) is 1.00. The Bertz CT molecular complexity index is 64.2. The van der Waals surface area contributed by atoms with E-state index in [0.717, 1.165) is 13.2 Å². The number of aliphatic hydroxyl groups excluding tert-OH is 4. The van der Waals surface area contributed by atoms with E-state index in [2.05, 4.69) is 0 Å². The fourth-order valence-corrected chi connectivity index (χ4v) is 0.204. The van der Waals surface area contributed by atoms with Crippen molar-refractivity contribution >= 4 is 0 Å². The monoisotopic (exact) mass is 212 g/mol. The summed E-state index contributed by atoms with van der Waals surface area (Å²) in [6.45, 7) is 6.81. The van der Waals surface area contributed by atoms with Crippen LogP contribution in [0.3, 0.4) is 0 Å². The van der Waals surface area contributed by atoms with Gasteiger partial charge in [-0.05, 0) is 20.8 Å². The van der Waals surface area contributed by atoms with Crippen LogP contribution in [0.15, 0.2) is 0 Å². The summed E-state index contributed by atoms with van der Waals surface area (Å²) < 4.78 is 4.83. The van der Waals surface area contributed by atoms with Crippen LogP contribution < -0.4 is 0 Å². The van der Waals surface area contributed by atoms with Crippen molar-refractivity contribution in [1.82, 2.24) is 0 Å². The van der Waals surface area contributed by atoms with E-state index in [1.807, 2.05) is 13.8 Å². The molecule has 0 aromatic heterocycles. The second-order valence-corrected chi connectivity index (χ2v) is 2.26. The van der Waals surface area contributed by atoms with E-state index in [4.69, 9.17) is 25.2 Å². The molecule has 0 aromatic carbocycles. The van der Waals surface area contributed by atoms with Crippen LogP contribution in [0.4, 0.5) is 0 Å². The first kappa shape index (κ1) is 19.4. The summed E-state index contributed by atoms with van der Waals surface area (Å²) >= 11 is 0. The van der Waals surface area contributed by atoms with E-state index in [9.17, 15) is 0 Å². The molecule has 0 saturated carbocycles. The third-order valence-corrected chi connectivity index (χ3v) is 0.772. The van der Waals surface area contributed by atoms with E-state index in [-0.39, 0.29) is 19.8 Å². The van der Waals surface area contributed by atoms with E-state index in [0.29, 0.717) is 0 Å². The quantitative estimate of drug-likeness (QED) is 0.498. The number of hydrogen-bond acceptors (Lipinski definition) is 5. The molecular formula is C9H24O5. The topological polar surface area (TPSA) is 90.2 Å². The molecular weight excluding hydrogens is 188 g/mol. The van der Waals surface area contributed by atoms with Crippen molar-refractivity contribution < 1.29 is 25.2 Å². The lowest BCUT2D eigenvalue weighted by atomic mass is 10.5. The Labute approximate surface area is 86.0 Å². The Morgan fingerprint density at radius 3 is 1.29 bits per heavy atom. The first-order chi connectivity index (χ1) is 6.60. The minimum atomic E-state index is -0.560. The summed E-state index contributed by atoms with van der Waals surface area (Å²) in [6, 6.07) is 0. The van der Waals surface area contributed by atoms with Crippen molar-refractivity contribution in [2.24, 2.45) is 0 Å².